The lowest BCUT2D eigenvalue weighted by Gasteiger charge is -2.19. The molecule has 3 nitrogen and oxygen atoms in total. The predicted octanol–water partition coefficient (Wildman–Crippen LogP) is 1.38. The van der Waals surface area contributed by atoms with Gasteiger partial charge in [-0.25, -0.2) is 0 Å². The fourth-order valence-electron chi connectivity index (χ4n) is 2.13. The lowest BCUT2D eigenvalue weighted by Crippen LogP contribution is -2.40. The highest BCUT2D eigenvalue weighted by Crippen LogP contribution is 2.26. The molecule has 16 heavy (non-hydrogen) atoms. The molecular weight excluding hydrogens is 200 g/mol. The highest BCUT2D eigenvalue weighted by atomic mass is 16.3. The van der Waals surface area contributed by atoms with Crippen LogP contribution in [-0.4, -0.2) is 30.3 Å². The molecule has 0 aromatic heterocycles. The molecule has 1 aliphatic heterocycles. The Kier molecular flexibility index (Phi) is 3.80. The first kappa shape index (κ1) is 11.4. The number of fused-ring (bicyclic) bond motifs is 1. The van der Waals surface area contributed by atoms with E-state index in [1.54, 1.807) is 0 Å². The number of aliphatic hydroxyl groups excluding tert-OH is 1. The van der Waals surface area contributed by atoms with Crippen LogP contribution >= 0.6 is 0 Å². The minimum Gasteiger partial charge on any atom is -0.390 e. The standard InChI is InChI=1S/C13H20N2O/c1-2-7-14-9-13(16)12-8-10-5-3-4-6-11(10)15-12/h3-6,12-16H,2,7-9H2,1H3. The van der Waals surface area contributed by atoms with Crippen LogP contribution in [0, 0.1) is 0 Å². The highest BCUT2D eigenvalue weighted by Gasteiger charge is 2.25. The van der Waals surface area contributed by atoms with Gasteiger partial charge in [-0.15, -0.1) is 0 Å². The Morgan fingerprint density at radius 1 is 1.50 bits per heavy atom. The fourth-order valence-corrected chi connectivity index (χ4v) is 2.13. The first-order valence-electron chi connectivity index (χ1n) is 6.04. The molecule has 3 N–H and O–H groups in total. The zero-order valence-electron chi connectivity index (χ0n) is 9.74. The molecule has 0 bridgehead atoms. The van der Waals surface area contributed by atoms with Gasteiger partial charge in [-0.2, -0.15) is 0 Å². The van der Waals surface area contributed by atoms with Crippen molar-refractivity contribution >= 4 is 5.69 Å². The topological polar surface area (TPSA) is 44.3 Å². The van der Waals surface area contributed by atoms with Crippen LogP contribution in [0.1, 0.15) is 18.9 Å². The van der Waals surface area contributed by atoms with Gasteiger partial charge in [0.15, 0.2) is 0 Å². The van der Waals surface area contributed by atoms with E-state index in [-0.39, 0.29) is 12.1 Å². The van der Waals surface area contributed by atoms with Crippen molar-refractivity contribution in [2.45, 2.75) is 31.9 Å². The average Bonchev–Trinajstić information content (AvgIpc) is 2.73. The van der Waals surface area contributed by atoms with Crippen LogP contribution < -0.4 is 10.6 Å². The number of rotatable bonds is 5. The molecule has 0 spiro atoms. The third kappa shape index (κ3) is 2.54. The van der Waals surface area contributed by atoms with E-state index in [9.17, 15) is 5.11 Å². The summed E-state index contributed by atoms with van der Waals surface area (Å²) in [7, 11) is 0. The molecule has 0 amide bonds. The molecule has 0 saturated carbocycles. The Morgan fingerprint density at radius 2 is 2.31 bits per heavy atom. The Labute approximate surface area is 96.9 Å². The summed E-state index contributed by atoms with van der Waals surface area (Å²) in [4.78, 5) is 0. The van der Waals surface area contributed by atoms with Gasteiger partial charge in [0.1, 0.15) is 0 Å². The second-order valence-corrected chi connectivity index (χ2v) is 4.38. The molecule has 0 saturated heterocycles. The zero-order chi connectivity index (χ0) is 11.4. The SMILES string of the molecule is CCCNCC(O)C1Cc2ccccc2N1. The minimum absolute atomic E-state index is 0.154. The molecule has 0 radical (unpaired) electrons. The minimum atomic E-state index is -0.320. The van der Waals surface area contributed by atoms with Crippen LogP contribution in [-0.2, 0) is 6.42 Å². The van der Waals surface area contributed by atoms with Gasteiger partial charge >= 0.3 is 0 Å². The summed E-state index contributed by atoms with van der Waals surface area (Å²) in [6, 6.07) is 8.41. The van der Waals surface area contributed by atoms with Gasteiger partial charge < -0.3 is 15.7 Å². The van der Waals surface area contributed by atoms with Crippen molar-refractivity contribution in [1.82, 2.24) is 5.32 Å². The third-order valence-electron chi connectivity index (χ3n) is 3.04. The monoisotopic (exact) mass is 220 g/mol. The second-order valence-electron chi connectivity index (χ2n) is 4.38. The normalized spacial score (nSPS) is 20.2. The van der Waals surface area contributed by atoms with Gasteiger partial charge in [-0.3, -0.25) is 0 Å². The van der Waals surface area contributed by atoms with E-state index in [1.165, 1.54) is 11.3 Å². The maximum atomic E-state index is 10.0. The number of benzene rings is 1. The van der Waals surface area contributed by atoms with Gasteiger partial charge in [0.05, 0.1) is 12.1 Å². The van der Waals surface area contributed by atoms with Crippen LogP contribution in [0.25, 0.3) is 0 Å². The highest BCUT2D eigenvalue weighted by molar-refractivity contribution is 5.56. The van der Waals surface area contributed by atoms with Crippen molar-refractivity contribution in [3.8, 4) is 0 Å². The molecule has 2 unspecified atom stereocenters. The number of hydrogen-bond acceptors (Lipinski definition) is 3. The maximum absolute atomic E-state index is 10.0. The molecule has 88 valence electrons. The Morgan fingerprint density at radius 3 is 3.06 bits per heavy atom. The van der Waals surface area contributed by atoms with E-state index in [0.29, 0.717) is 6.54 Å². The third-order valence-corrected chi connectivity index (χ3v) is 3.04. The van der Waals surface area contributed by atoms with Crippen molar-refractivity contribution in [2.24, 2.45) is 0 Å². The molecule has 3 heteroatoms. The number of para-hydroxylation sites is 1. The van der Waals surface area contributed by atoms with Crippen molar-refractivity contribution < 1.29 is 5.11 Å². The summed E-state index contributed by atoms with van der Waals surface area (Å²) < 4.78 is 0. The molecule has 1 aromatic carbocycles. The molecule has 0 aliphatic carbocycles. The number of nitrogens with one attached hydrogen (secondary N) is 2. The lowest BCUT2D eigenvalue weighted by atomic mass is 10.1. The van der Waals surface area contributed by atoms with Crippen molar-refractivity contribution in [3.05, 3.63) is 29.8 Å². The largest absolute Gasteiger partial charge is 0.390 e. The Hall–Kier alpha value is -1.06. The molecule has 0 fully saturated rings. The molecule has 2 atom stereocenters. The van der Waals surface area contributed by atoms with Crippen molar-refractivity contribution in [3.63, 3.8) is 0 Å². The first-order valence-corrected chi connectivity index (χ1v) is 6.04. The predicted molar refractivity (Wildman–Crippen MR) is 66.7 cm³/mol. The Balaban J connectivity index is 1.86. The number of anilines is 1. The van der Waals surface area contributed by atoms with E-state index < -0.39 is 0 Å². The van der Waals surface area contributed by atoms with E-state index in [0.717, 1.165) is 19.4 Å². The van der Waals surface area contributed by atoms with Gasteiger partial charge in [-0.05, 0) is 31.0 Å². The van der Waals surface area contributed by atoms with Gasteiger partial charge in [-0.1, -0.05) is 25.1 Å². The van der Waals surface area contributed by atoms with Gasteiger partial charge in [0.2, 0.25) is 0 Å². The Bertz CT molecular complexity index is 315. The van der Waals surface area contributed by atoms with Gasteiger partial charge in [0, 0.05) is 12.2 Å². The van der Waals surface area contributed by atoms with Crippen LogP contribution in [0.3, 0.4) is 0 Å². The summed E-state index contributed by atoms with van der Waals surface area (Å²) in [6.45, 7) is 3.76. The molecule has 2 rings (SSSR count). The van der Waals surface area contributed by atoms with Crippen LogP contribution in [0.5, 0.6) is 0 Å². The summed E-state index contributed by atoms with van der Waals surface area (Å²) in [5.74, 6) is 0. The van der Waals surface area contributed by atoms with Crippen molar-refractivity contribution in [1.29, 1.82) is 0 Å². The molecule has 1 heterocycles. The smallest absolute Gasteiger partial charge is 0.0868 e. The molecule has 1 aliphatic rings. The van der Waals surface area contributed by atoms with Crippen LogP contribution in [0.4, 0.5) is 5.69 Å². The molecular formula is C13H20N2O. The fraction of sp³-hybridized carbons (Fsp3) is 0.538. The summed E-state index contributed by atoms with van der Waals surface area (Å²) in [6.07, 6.45) is 1.70. The quantitative estimate of drug-likeness (QED) is 0.657. The first-order chi connectivity index (χ1) is 7.81. The van der Waals surface area contributed by atoms with E-state index in [1.807, 2.05) is 12.1 Å². The van der Waals surface area contributed by atoms with Gasteiger partial charge in [0.25, 0.3) is 0 Å². The second kappa shape index (κ2) is 5.32. The summed E-state index contributed by atoms with van der Waals surface area (Å²) in [5, 5.41) is 16.6. The van der Waals surface area contributed by atoms with E-state index in [4.69, 9.17) is 0 Å². The summed E-state index contributed by atoms with van der Waals surface area (Å²) in [5.41, 5.74) is 2.48. The number of hydrogen-bond donors (Lipinski definition) is 3. The van der Waals surface area contributed by atoms with Crippen molar-refractivity contribution in [2.75, 3.05) is 18.4 Å². The average molecular weight is 220 g/mol. The van der Waals surface area contributed by atoms with Crippen LogP contribution in [0.2, 0.25) is 0 Å². The maximum Gasteiger partial charge on any atom is 0.0868 e. The van der Waals surface area contributed by atoms with E-state index >= 15 is 0 Å². The number of aliphatic hydroxyl groups is 1. The molecule has 1 aromatic rings. The lowest BCUT2D eigenvalue weighted by molar-refractivity contribution is 0.152. The van der Waals surface area contributed by atoms with E-state index in [2.05, 4.69) is 29.7 Å². The van der Waals surface area contributed by atoms with Crippen LogP contribution in [0.15, 0.2) is 24.3 Å². The summed E-state index contributed by atoms with van der Waals surface area (Å²) >= 11 is 0. The zero-order valence-corrected chi connectivity index (χ0v) is 9.74.